The van der Waals surface area contributed by atoms with Gasteiger partial charge >= 0.3 is 0 Å². The first kappa shape index (κ1) is 13.2. The van der Waals surface area contributed by atoms with Gasteiger partial charge in [0.25, 0.3) is 0 Å². The molecule has 1 fully saturated rings. The van der Waals surface area contributed by atoms with Crippen LogP contribution in [0.3, 0.4) is 0 Å². The number of carbonyl (C=O) groups excluding carboxylic acids is 1. The summed E-state index contributed by atoms with van der Waals surface area (Å²) >= 11 is 0. The zero-order valence-electron chi connectivity index (χ0n) is 10.5. The molecule has 3 nitrogen and oxygen atoms in total. The van der Waals surface area contributed by atoms with Crippen molar-refractivity contribution in [2.45, 2.75) is 19.4 Å². The summed E-state index contributed by atoms with van der Waals surface area (Å²) in [6.07, 6.45) is 1.02. The van der Waals surface area contributed by atoms with Gasteiger partial charge in [-0.3, -0.25) is 4.79 Å². The molecule has 18 heavy (non-hydrogen) atoms. The molecule has 0 amide bonds. The van der Waals surface area contributed by atoms with Crippen molar-refractivity contribution in [1.29, 1.82) is 0 Å². The number of nitrogens with one attached hydrogen (secondary N) is 1. The van der Waals surface area contributed by atoms with Gasteiger partial charge in [-0.25, -0.2) is 4.39 Å². The highest BCUT2D eigenvalue weighted by molar-refractivity contribution is 5.98. The van der Waals surface area contributed by atoms with Crippen LogP contribution in [0.4, 0.5) is 4.39 Å². The first-order chi connectivity index (χ1) is 8.72. The van der Waals surface area contributed by atoms with E-state index in [1.54, 1.807) is 0 Å². The van der Waals surface area contributed by atoms with Crippen LogP contribution < -0.4 is 5.32 Å². The fourth-order valence-corrected chi connectivity index (χ4v) is 2.17. The molecule has 0 bridgehead atoms. The molecule has 1 aliphatic heterocycles. The number of hydrogen-bond acceptors (Lipinski definition) is 3. The molecule has 0 radical (unpaired) electrons. The van der Waals surface area contributed by atoms with Crippen LogP contribution in [0.5, 0.6) is 0 Å². The summed E-state index contributed by atoms with van der Waals surface area (Å²) in [6.45, 7) is 3.97. The number of rotatable bonds is 5. The zero-order valence-corrected chi connectivity index (χ0v) is 10.5. The highest BCUT2D eigenvalue weighted by Crippen LogP contribution is 2.19. The molecule has 1 N–H and O–H groups in total. The predicted molar refractivity (Wildman–Crippen MR) is 67.1 cm³/mol. The second-order valence-electron chi connectivity index (χ2n) is 4.58. The van der Waals surface area contributed by atoms with Crippen molar-refractivity contribution in [1.82, 2.24) is 5.32 Å². The van der Waals surface area contributed by atoms with Crippen molar-refractivity contribution >= 4 is 5.78 Å². The van der Waals surface area contributed by atoms with Gasteiger partial charge in [-0.15, -0.1) is 0 Å². The third kappa shape index (κ3) is 2.94. The van der Waals surface area contributed by atoms with Crippen LogP contribution in [0.2, 0.25) is 0 Å². The van der Waals surface area contributed by atoms with E-state index in [0.717, 1.165) is 13.0 Å². The van der Waals surface area contributed by atoms with Gasteiger partial charge in [-0.05, 0) is 37.2 Å². The second-order valence-corrected chi connectivity index (χ2v) is 4.58. The summed E-state index contributed by atoms with van der Waals surface area (Å²) < 4.78 is 18.2. The fourth-order valence-electron chi connectivity index (χ4n) is 2.17. The third-order valence-electron chi connectivity index (χ3n) is 3.20. The Balaban J connectivity index is 2.05. The molecule has 0 aliphatic carbocycles. The number of hydrogen-bond donors (Lipinski definition) is 1. The Kier molecular flexibility index (Phi) is 4.44. The average Bonchev–Trinajstić information content (AvgIpc) is 2.84. The maximum absolute atomic E-state index is 12.8. The predicted octanol–water partition coefficient (Wildman–Crippen LogP) is 2.02. The fraction of sp³-hybridized carbons (Fsp3) is 0.500. The van der Waals surface area contributed by atoms with E-state index in [0.29, 0.717) is 18.8 Å². The summed E-state index contributed by atoms with van der Waals surface area (Å²) in [5, 5.41) is 3.32. The maximum atomic E-state index is 12.8. The molecule has 2 unspecified atom stereocenters. The molecular formula is C14H18FNO2. The van der Waals surface area contributed by atoms with Crippen LogP contribution in [0.15, 0.2) is 24.3 Å². The van der Waals surface area contributed by atoms with E-state index in [1.807, 2.05) is 0 Å². The van der Waals surface area contributed by atoms with Crippen LogP contribution in [-0.4, -0.2) is 31.6 Å². The van der Waals surface area contributed by atoms with E-state index in [2.05, 4.69) is 12.2 Å². The highest BCUT2D eigenvalue weighted by Gasteiger charge is 2.33. The lowest BCUT2D eigenvalue weighted by atomic mass is 9.93. The molecule has 1 heterocycles. The molecule has 1 saturated heterocycles. The van der Waals surface area contributed by atoms with Crippen LogP contribution in [-0.2, 0) is 4.74 Å². The van der Waals surface area contributed by atoms with E-state index in [1.165, 1.54) is 24.3 Å². The van der Waals surface area contributed by atoms with Crippen molar-refractivity contribution < 1.29 is 13.9 Å². The van der Waals surface area contributed by atoms with Crippen molar-refractivity contribution in [3.05, 3.63) is 35.6 Å². The van der Waals surface area contributed by atoms with Crippen molar-refractivity contribution in [2.24, 2.45) is 5.92 Å². The summed E-state index contributed by atoms with van der Waals surface area (Å²) in [7, 11) is 0. The van der Waals surface area contributed by atoms with E-state index in [4.69, 9.17) is 4.74 Å². The molecule has 1 aromatic carbocycles. The van der Waals surface area contributed by atoms with Gasteiger partial charge in [0.2, 0.25) is 0 Å². The summed E-state index contributed by atoms with van der Waals surface area (Å²) in [5.41, 5.74) is 0.551. The van der Waals surface area contributed by atoms with Gasteiger partial charge in [-0.2, -0.15) is 0 Å². The van der Waals surface area contributed by atoms with Gasteiger partial charge in [-0.1, -0.05) is 6.92 Å². The summed E-state index contributed by atoms with van der Waals surface area (Å²) in [6, 6.07) is 5.77. The van der Waals surface area contributed by atoms with Gasteiger partial charge in [0.1, 0.15) is 5.82 Å². The van der Waals surface area contributed by atoms with E-state index in [9.17, 15) is 9.18 Å². The number of benzene rings is 1. The molecular weight excluding hydrogens is 233 g/mol. The summed E-state index contributed by atoms with van der Waals surface area (Å²) in [4.78, 5) is 12.3. The minimum Gasteiger partial charge on any atom is -0.379 e. The number of ketones is 1. The molecule has 4 heteroatoms. The minimum atomic E-state index is -0.324. The largest absolute Gasteiger partial charge is 0.379 e. The first-order valence-corrected chi connectivity index (χ1v) is 6.33. The van der Waals surface area contributed by atoms with Crippen LogP contribution in [0, 0.1) is 11.7 Å². The normalized spacial score (nSPS) is 23.2. The monoisotopic (exact) mass is 251 g/mol. The Labute approximate surface area is 106 Å². The van der Waals surface area contributed by atoms with Gasteiger partial charge in [0, 0.05) is 11.6 Å². The molecule has 1 aromatic rings. The standard InChI is InChI=1S/C14H18FNO2/c1-2-7-16-13-9-18-8-12(13)14(17)10-3-5-11(15)6-4-10/h3-6,12-13,16H,2,7-9H2,1H3. The Morgan fingerprint density at radius 2 is 2.11 bits per heavy atom. The van der Waals surface area contributed by atoms with Crippen molar-refractivity contribution in [3.63, 3.8) is 0 Å². The molecule has 0 spiro atoms. The van der Waals surface area contributed by atoms with Crippen molar-refractivity contribution in [2.75, 3.05) is 19.8 Å². The zero-order chi connectivity index (χ0) is 13.0. The van der Waals surface area contributed by atoms with Gasteiger partial charge < -0.3 is 10.1 Å². The maximum Gasteiger partial charge on any atom is 0.169 e. The molecule has 2 rings (SSSR count). The quantitative estimate of drug-likeness (QED) is 0.814. The van der Waals surface area contributed by atoms with Crippen LogP contribution >= 0.6 is 0 Å². The Morgan fingerprint density at radius 1 is 1.39 bits per heavy atom. The average molecular weight is 251 g/mol. The highest BCUT2D eigenvalue weighted by atomic mass is 19.1. The molecule has 2 atom stereocenters. The van der Waals surface area contributed by atoms with Crippen LogP contribution in [0.1, 0.15) is 23.7 Å². The van der Waals surface area contributed by atoms with E-state index in [-0.39, 0.29) is 23.6 Å². The van der Waals surface area contributed by atoms with Gasteiger partial charge in [0.05, 0.1) is 19.1 Å². The molecule has 0 saturated carbocycles. The number of carbonyl (C=O) groups is 1. The lowest BCUT2D eigenvalue weighted by Gasteiger charge is -2.17. The van der Waals surface area contributed by atoms with Crippen LogP contribution in [0.25, 0.3) is 0 Å². The van der Waals surface area contributed by atoms with E-state index < -0.39 is 0 Å². The topological polar surface area (TPSA) is 38.3 Å². The molecule has 0 aromatic heterocycles. The lowest BCUT2D eigenvalue weighted by molar-refractivity contribution is 0.0891. The van der Waals surface area contributed by atoms with Crippen molar-refractivity contribution in [3.8, 4) is 0 Å². The number of Topliss-reactive ketones (excluding diaryl/α,β-unsaturated/α-hetero) is 1. The number of ether oxygens (including phenoxy) is 1. The minimum absolute atomic E-state index is 0.0288. The van der Waals surface area contributed by atoms with E-state index >= 15 is 0 Å². The first-order valence-electron chi connectivity index (χ1n) is 6.33. The third-order valence-corrected chi connectivity index (χ3v) is 3.20. The molecule has 1 aliphatic rings. The smallest absolute Gasteiger partial charge is 0.169 e. The Morgan fingerprint density at radius 3 is 2.78 bits per heavy atom. The summed E-state index contributed by atoms with van der Waals surface area (Å²) in [5.74, 6) is -0.460. The Hall–Kier alpha value is -1.26. The van der Waals surface area contributed by atoms with Gasteiger partial charge in [0.15, 0.2) is 5.78 Å². The lowest BCUT2D eigenvalue weighted by Crippen LogP contribution is -2.39. The second kappa shape index (κ2) is 6.07. The Bertz CT molecular complexity index is 405. The SMILES string of the molecule is CCCNC1COCC1C(=O)c1ccc(F)cc1. The number of halogens is 1. The molecule has 98 valence electrons.